The lowest BCUT2D eigenvalue weighted by Crippen LogP contribution is -2.03. The zero-order valence-electron chi connectivity index (χ0n) is 11.4. The largest absolute Gasteiger partial charge is 0.289 e. The second kappa shape index (κ2) is 4.71. The van der Waals surface area contributed by atoms with Crippen LogP contribution in [-0.4, -0.2) is 5.78 Å². The molecule has 0 atom stereocenters. The fourth-order valence-electron chi connectivity index (χ4n) is 3.24. The van der Waals surface area contributed by atoms with E-state index in [1.165, 1.54) is 16.5 Å². The van der Waals surface area contributed by atoms with Crippen LogP contribution < -0.4 is 0 Å². The van der Waals surface area contributed by atoms with Crippen LogP contribution in [0.5, 0.6) is 0 Å². The number of hydrogen-bond donors (Lipinski definition) is 0. The van der Waals surface area contributed by atoms with E-state index in [-0.39, 0.29) is 5.78 Å². The van der Waals surface area contributed by atoms with Crippen LogP contribution in [0.25, 0.3) is 10.8 Å². The third kappa shape index (κ3) is 1.89. The van der Waals surface area contributed by atoms with Crippen molar-refractivity contribution in [2.24, 2.45) is 0 Å². The molecule has 0 aromatic heterocycles. The molecule has 1 nitrogen and oxygen atoms in total. The molecule has 4 rings (SSSR count). The summed E-state index contributed by atoms with van der Waals surface area (Å²) in [5.41, 5.74) is 4.00. The Morgan fingerprint density at radius 1 is 0.810 bits per heavy atom. The molecular formula is C19H13ClO. The van der Waals surface area contributed by atoms with Crippen molar-refractivity contribution in [1.29, 1.82) is 0 Å². The molecule has 0 saturated carbocycles. The molecule has 2 heteroatoms. The Hall–Kier alpha value is -2.12. The maximum absolute atomic E-state index is 12.8. The van der Waals surface area contributed by atoms with Gasteiger partial charge >= 0.3 is 0 Å². The second-order valence-electron chi connectivity index (χ2n) is 5.42. The van der Waals surface area contributed by atoms with Gasteiger partial charge in [0.15, 0.2) is 5.78 Å². The van der Waals surface area contributed by atoms with Crippen LogP contribution >= 0.6 is 11.6 Å². The summed E-state index contributed by atoms with van der Waals surface area (Å²) in [4.78, 5) is 12.8. The molecule has 0 bridgehead atoms. The van der Waals surface area contributed by atoms with Gasteiger partial charge in [0, 0.05) is 11.1 Å². The topological polar surface area (TPSA) is 17.1 Å². The van der Waals surface area contributed by atoms with Gasteiger partial charge in [-0.15, -0.1) is 0 Å². The first-order chi connectivity index (χ1) is 10.3. The van der Waals surface area contributed by atoms with Gasteiger partial charge in [-0.05, 0) is 46.9 Å². The normalized spacial score (nSPS) is 12.8. The fraction of sp³-hybridized carbons (Fsp3) is 0.105. The Balaban J connectivity index is 1.97. The quantitative estimate of drug-likeness (QED) is 0.619. The molecule has 0 aliphatic heterocycles. The number of halogens is 1. The predicted octanol–water partition coefficient (Wildman–Crippen LogP) is 4.82. The van der Waals surface area contributed by atoms with Gasteiger partial charge in [-0.1, -0.05) is 54.1 Å². The Morgan fingerprint density at radius 2 is 1.57 bits per heavy atom. The molecule has 0 amide bonds. The van der Waals surface area contributed by atoms with Crippen LogP contribution in [0.4, 0.5) is 0 Å². The molecule has 3 aromatic carbocycles. The average molecular weight is 293 g/mol. The lowest BCUT2D eigenvalue weighted by molar-refractivity contribution is 0.104. The minimum atomic E-state index is -0.00352. The SMILES string of the molecule is O=C(c1ccccc1Cl)c1ccc2c3c(cccc13)CC2. The molecule has 102 valence electrons. The minimum absolute atomic E-state index is 0.00352. The summed E-state index contributed by atoms with van der Waals surface area (Å²) in [5, 5.41) is 2.81. The van der Waals surface area contributed by atoms with Gasteiger partial charge < -0.3 is 0 Å². The van der Waals surface area contributed by atoms with Crippen LogP contribution in [0.2, 0.25) is 5.02 Å². The van der Waals surface area contributed by atoms with Crippen molar-refractivity contribution in [3.05, 3.63) is 81.9 Å². The average Bonchev–Trinajstić information content (AvgIpc) is 2.93. The van der Waals surface area contributed by atoms with Crippen molar-refractivity contribution in [3.8, 4) is 0 Å². The van der Waals surface area contributed by atoms with Crippen molar-refractivity contribution >= 4 is 28.2 Å². The van der Waals surface area contributed by atoms with E-state index in [9.17, 15) is 4.79 Å². The standard InChI is InChI=1S/C19H13ClO/c20-17-7-2-1-5-16(17)19(21)15-11-10-13-9-8-12-4-3-6-14(15)18(12)13/h1-7,10-11H,8-9H2. The molecule has 0 radical (unpaired) electrons. The van der Waals surface area contributed by atoms with Crippen molar-refractivity contribution in [2.75, 3.05) is 0 Å². The summed E-state index contributed by atoms with van der Waals surface area (Å²) < 4.78 is 0. The third-order valence-corrected chi connectivity index (χ3v) is 4.57. The molecule has 0 spiro atoms. The first-order valence-corrected chi connectivity index (χ1v) is 7.46. The summed E-state index contributed by atoms with van der Waals surface area (Å²) >= 11 is 6.17. The van der Waals surface area contributed by atoms with Crippen LogP contribution in [0.3, 0.4) is 0 Å². The van der Waals surface area contributed by atoms with Gasteiger partial charge in [0.2, 0.25) is 0 Å². The van der Waals surface area contributed by atoms with Crippen LogP contribution in [-0.2, 0) is 12.8 Å². The van der Waals surface area contributed by atoms with Gasteiger partial charge in [-0.25, -0.2) is 0 Å². The molecule has 21 heavy (non-hydrogen) atoms. The molecule has 0 saturated heterocycles. The van der Waals surface area contributed by atoms with Gasteiger partial charge in [0.05, 0.1) is 5.02 Å². The molecular weight excluding hydrogens is 280 g/mol. The summed E-state index contributed by atoms with van der Waals surface area (Å²) in [5.74, 6) is -0.00352. The Morgan fingerprint density at radius 3 is 2.38 bits per heavy atom. The first kappa shape index (κ1) is 12.6. The van der Waals surface area contributed by atoms with Gasteiger partial charge in [-0.3, -0.25) is 4.79 Å². The van der Waals surface area contributed by atoms with E-state index in [0.29, 0.717) is 10.6 Å². The fourth-order valence-corrected chi connectivity index (χ4v) is 3.46. The number of carbonyl (C=O) groups is 1. The smallest absolute Gasteiger partial charge is 0.195 e. The molecule has 1 aliphatic carbocycles. The number of aryl methyl sites for hydroxylation is 2. The summed E-state index contributed by atoms with van der Waals surface area (Å²) in [6, 6.07) is 17.5. The third-order valence-electron chi connectivity index (χ3n) is 4.24. The van der Waals surface area contributed by atoms with E-state index >= 15 is 0 Å². The zero-order valence-corrected chi connectivity index (χ0v) is 12.2. The number of benzene rings is 3. The predicted molar refractivity (Wildman–Crippen MR) is 86.2 cm³/mol. The molecule has 0 unspecified atom stereocenters. The van der Waals surface area contributed by atoms with Crippen molar-refractivity contribution in [2.45, 2.75) is 12.8 Å². The van der Waals surface area contributed by atoms with Crippen LogP contribution in [0, 0.1) is 0 Å². The molecule has 3 aromatic rings. The number of carbonyl (C=O) groups excluding carboxylic acids is 1. The molecule has 0 heterocycles. The highest BCUT2D eigenvalue weighted by Gasteiger charge is 2.20. The lowest BCUT2D eigenvalue weighted by Gasteiger charge is -2.09. The van der Waals surface area contributed by atoms with Gasteiger partial charge in [0.1, 0.15) is 0 Å². The Bertz CT molecular complexity index is 870. The van der Waals surface area contributed by atoms with E-state index in [2.05, 4.69) is 12.1 Å². The highest BCUT2D eigenvalue weighted by molar-refractivity contribution is 6.35. The van der Waals surface area contributed by atoms with Crippen molar-refractivity contribution in [3.63, 3.8) is 0 Å². The van der Waals surface area contributed by atoms with E-state index in [4.69, 9.17) is 11.6 Å². The minimum Gasteiger partial charge on any atom is -0.289 e. The highest BCUT2D eigenvalue weighted by atomic mass is 35.5. The first-order valence-electron chi connectivity index (χ1n) is 7.08. The van der Waals surface area contributed by atoms with Crippen LogP contribution in [0.15, 0.2) is 54.6 Å². The maximum atomic E-state index is 12.8. The number of hydrogen-bond acceptors (Lipinski definition) is 1. The molecule has 0 N–H and O–H groups in total. The monoisotopic (exact) mass is 292 g/mol. The Kier molecular flexibility index (Phi) is 2.83. The van der Waals surface area contributed by atoms with E-state index in [0.717, 1.165) is 23.8 Å². The number of rotatable bonds is 2. The number of ketones is 1. The summed E-state index contributed by atoms with van der Waals surface area (Å²) in [6.45, 7) is 0. The molecule has 0 fully saturated rings. The van der Waals surface area contributed by atoms with Crippen molar-refractivity contribution < 1.29 is 4.79 Å². The lowest BCUT2D eigenvalue weighted by atomic mass is 9.94. The van der Waals surface area contributed by atoms with E-state index in [1.54, 1.807) is 12.1 Å². The maximum Gasteiger partial charge on any atom is 0.195 e. The summed E-state index contributed by atoms with van der Waals surface area (Å²) in [7, 11) is 0. The van der Waals surface area contributed by atoms with E-state index < -0.39 is 0 Å². The summed E-state index contributed by atoms with van der Waals surface area (Å²) in [6.07, 6.45) is 2.13. The zero-order chi connectivity index (χ0) is 14.4. The van der Waals surface area contributed by atoms with Crippen LogP contribution in [0.1, 0.15) is 27.0 Å². The van der Waals surface area contributed by atoms with E-state index in [1.807, 2.05) is 30.3 Å². The highest BCUT2D eigenvalue weighted by Crippen LogP contribution is 2.34. The van der Waals surface area contributed by atoms with Gasteiger partial charge in [0.25, 0.3) is 0 Å². The van der Waals surface area contributed by atoms with Crippen molar-refractivity contribution in [1.82, 2.24) is 0 Å². The second-order valence-corrected chi connectivity index (χ2v) is 5.83. The van der Waals surface area contributed by atoms with Gasteiger partial charge in [-0.2, -0.15) is 0 Å². The molecule has 1 aliphatic rings. The Labute approximate surface area is 128 Å².